The van der Waals surface area contributed by atoms with Gasteiger partial charge in [-0.25, -0.2) is 0 Å². The Bertz CT molecular complexity index is 348. The molecular weight excluding hydrogens is 192 g/mol. The van der Waals surface area contributed by atoms with Crippen LogP contribution in [0.2, 0.25) is 0 Å². The Kier molecular flexibility index (Phi) is 2.31. The number of pyridine rings is 1. The van der Waals surface area contributed by atoms with E-state index in [1.807, 2.05) is 12.3 Å². The van der Waals surface area contributed by atoms with Crippen molar-refractivity contribution >= 4 is 0 Å². The summed E-state index contributed by atoms with van der Waals surface area (Å²) in [6.07, 6.45) is 3.93. The largest absolute Gasteiger partial charge is 0.485 e. The number of nitrogens with one attached hydrogen (secondary N) is 1. The predicted octanol–water partition coefficient (Wildman–Crippen LogP) is 0.546. The highest BCUT2D eigenvalue weighted by Gasteiger charge is 2.26. The normalized spacial score (nSPS) is 21.9. The second-order valence-electron chi connectivity index (χ2n) is 4.05. The molecule has 3 rings (SSSR count). The number of hydrogen-bond donors (Lipinski definition) is 1. The minimum Gasteiger partial charge on any atom is -0.485 e. The lowest BCUT2D eigenvalue weighted by atomic mass is 9.94. The average Bonchev–Trinajstić information content (AvgIpc) is 2.11. The van der Waals surface area contributed by atoms with Gasteiger partial charge in [0.05, 0.1) is 13.2 Å². The van der Waals surface area contributed by atoms with Gasteiger partial charge in [0.2, 0.25) is 0 Å². The lowest BCUT2D eigenvalue weighted by molar-refractivity contribution is -0.0801. The van der Waals surface area contributed by atoms with Crippen LogP contribution in [0.1, 0.15) is 11.5 Å². The fourth-order valence-corrected chi connectivity index (χ4v) is 1.78. The standard InChI is InChI=1S/C11H14N2O2/c1-2-12-5-10(8-3-13-4-8)11(1)15-9-6-14-7-9/h1-2,5,8-9,13H,3-4,6-7H2. The van der Waals surface area contributed by atoms with Gasteiger partial charge in [-0.2, -0.15) is 0 Å². The average molecular weight is 206 g/mol. The monoisotopic (exact) mass is 206 g/mol. The summed E-state index contributed by atoms with van der Waals surface area (Å²) in [6.45, 7) is 3.49. The van der Waals surface area contributed by atoms with Crippen molar-refractivity contribution in [2.75, 3.05) is 26.3 Å². The highest BCUT2D eigenvalue weighted by Crippen LogP contribution is 2.29. The molecule has 0 radical (unpaired) electrons. The number of nitrogens with zero attached hydrogens (tertiary/aromatic N) is 1. The number of rotatable bonds is 3. The highest BCUT2D eigenvalue weighted by molar-refractivity contribution is 5.35. The molecule has 0 unspecified atom stereocenters. The van der Waals surface area contributed by atoms with Crippen molar-refractivity contribution in [3.8, 4) is 5.75 Å². The third kappa shape index (κ3) is 1.70. The molecule has 0 saturated carbocycles. The zero-order chi connectivity index (χ0) is 10.1. The topological polar surface area (TPSA) is 43.4 Å². The van der Waals surface area contributed by atoms with Gasteiger partial charge in [0.1, 0.15) is 11.9 Å². The molecular formula is C11H14N2O2. The number of ether oxygens (including phenoxy) is 2. The summed E-state index contributed by atoms with van der Waals surface area (Å²) < 4.78 is 10.9. The van der Waals surface area contributed by atoms with Crippen molar-refractivity contribution in [1.82, 2.24) is 10.3 Å². The lowest BCUT2D eigenvalue weighted by Gasteiger charge is -2.32. The summed E-state index contributed by atoms with van der Waals surface area (Å²) >= 11 is 0. The zero-order valence-electron chi connectivity index (χ0n) is 8.48. The van der Waals surface area contributed by atoms with Crippen LogP contribution in [0.25, 0.3) is 0 Å². The smallest absolute Gasteiger partial charge is 0.145 e. The first kappa shape index (κ1) is 9.12. The van der Waals surface area contributed by atoms with E-state index in [0.29, 0.717) is 19.1 Å². The molecule has 2 saturated heterocycles. The van der Waals surface area contributed by atoms with Crippen molar-refractivity contribution in [1.29, 1.82) is 0 Å². The van der Waals surface area contributed by atoms with Crippen molar-refractivity contribution < 1.29 is 9.47 Å². The fourth-order valence-electron chi connectivity index (χ4n) is 1.78. The highest BCUT2D eigenvalue weighted by atomic mass is 16.6. The van der Waals surface area contributed by atoms with E-state index >= 15 is 0 Å². The second kappa shape index (κ2) is 3.79. The molecule has 2 aliphatic heterocycles. The van der Waals surface area contributed by atoms with Crippen LogP contribution in [0.4, 0.5) is 0 Å². The summed E-state index contributed by atoms with van der Waals surface area (Å²) in [5.41, 5.74) is 1.23. The predicted molar refractivity (Wildman–Crippen MR) is 55.1 cm³/mol. The van der Waals surface area contributed by atoms with Crippen molar-refractivity contribution in [3.63, 3.8) is 0 Å². The maximum atomic E-state index is 5.85. The van der Waals surface area contributed by atoms with E-state index < -0.39 is 0 Å². The third-order valence-corrected chi connectivity index (χ3v) is 2.93. The first-order chi connectivity index (χ1) is 7.43. The molecule has 2 aliphatic rings. The molecule has 0 bridgehead atoms. The lowest BCUT2D eigenvalue weighted by Crippen LogP contribution is -2.41. The van der Waals surface area contributed by atoms with Crippen LogP contribution in [-0.4, -0.2) is 37.4 Å². The van der Waals surface area contributed by atoms with Gasteiger partial charge in [-0.05, 0) is 6.07 Å². The maximum absolute atomic E-state index is 5.85. The van der Waals surface area contributed by atoms with Crippen LogP contribution < -0.4 is 10.1 Å². The van der Waals surface area contributed by atoms with E-state index in [1.54, 1.807) is 6.20 Å². The van der Waals surface area contributed by atoms with E-state index in [0.717, 1.165) is 18.8 Å². The van der Waals surface area contributed by atoms with E-state index in [2.05, 4.69) is 10.3 Å². The van der Waals surface area contributed by atoms with Gasteiger partial charge in [0.25, 0.3) is 0 Å². The molecule has 0 atom stereocenters. The molecule has 1 aromatic heterocycles. The number of hydrogen-bond acceptors (Lipinski definition) is 4. The zero-order valence-corrected chi connectivity index (χ0v) is 8.48. The molecule has 0 aliphatic carbocycles. The third-order valence-electron chi connectivity index (χ3n) is 2.93. The van der Waals surface area contributed by atoms with Crippen molar-refractivity contribution in [2.24, 2.45) is 0 Å². The van der Waals surface area contributed by atoms with Gasteiger partial charge in [0.15, 0.2) is 0 Å². The first-order valence-electron chi connectivity index (χ1n) is 5.32. The Morgan fingerprint density at radius 2 is 2.27 bits per heavy atom. The molecule has 0 spiro atoms. The van der Waals surface area contributed by atoms with Crippen LogP contribution in [0, 0.1) is 0 Å². The minimum absolute atomic E-state index is 0.235. The summed E-state index contributed by atoms with van der Waals surface area (Å²) in [7, 11) is 0. The molecule has 1 aromatic rings. The van der Waals surface area contributed by atoms with E-state index in [9.17, 15) is 0 Å². The van der Waals surface area contributed by atoms with Crippen LogP contribution in [0.15, 0.2) is 18.5 Å². The number of aromatic nitrogens is 1. The Morgan fingerprint density at radius 1 is 1.40 bits per heavy atom. The first-order valence-corrected chi connectivity index (χ1v) is 5.32. The van der Waals surface area contributed by atoms with Gasteiger partial charge < -0.3 is 14.8 Å². The molecule has 15 heavy (non-hydrogen) atoms. The Labute approximate surface area is 88.6 Å². The maximum Gasteiger partial charge on any atom is 0.145 e. The molecule has 80 valence electrons. The van der Waals surface area contributed by atoms with E-state index in [-0.39, 0.29) is 6.10 Å². The Balaban J connectivity index is 1.78. The van der Waals surface area contributed by atoms with E-state index in [1.165, 1.54) is 5.56 Å². The minimum atomic E-state index is 0.235. The summed E-state index contributed by atoms with van der Waals surface area (Å²) in [5.74, 6) is 1.54. The Morgan fingerprint density at radius 3 is 2.87 bits per heavy atom. The molecule has 3 heterocycles. The van der Waals surface area contributed by atoms with Gasteiger partial charge >= 0.3 is 0 Å². The van der Waals surface area contributed by atoms with Crippen molar-refractivity contribution in [3.05, 3.63) is 24.0 Å². The quantitative estimate of drug-likeness (QED) is 0.784. The molecule has 4 nitrogen and oxygen atoms in total. The van der Waals surface area contributed by atoms with Gasteiger partial charge in [-0.15, -0.1) is 0 Å². The van der Waals surface area contributed by atoms with Gasteiger partial charge in [-0.3, -0.25) is 4.98 Å². The van der Waals surface area contributed by atoms with Crippen molar-refractivity contribution in [2.45, 2.75) is 12.0 Å². The molecule has 0 amide bonds. The SMILES string of the molecule is c1cc(OC2COC2)c(C2CNC2)cn1. The second-order valence-corrected chi connectivity index (χ2v) is 4.05. The fraction of sp³-hybridized carbons (Fsp3) is 0.545. The van der Waals surface area contributed by atoms with Crippen LogP contribution in [0.5, 0.6) is 5.75 Å². The van der Waals surface area contributed by atoms with Gasteiger partial charge in [-0.1, -0.05) is 0 Å². The van der Waals surface area contributed by atoms with Crippen LogP contribution >= 0.6 is 0 Å². The summed E-state index contributed by atoms with van der Waals surface area (Å²) in [4.78, 5) is 4.16. The molecule has 2 fully saturated rings. The molecule has 4 heteroatoms. The van der Waals surface area contributed by atoms with E-state index in [4.69, 9.17) is 9.47 Å². The Hall–Kier alpha value is -1.13. The summed E-state index contributed by atoms with van der Waals surface area (Å²) in [5, 5.41) is 3.26. The molecule has 0 aromatic carbocycles. The summed E-state index contributed by atoms with van der Waals surface area (Å²) in [6, 6.07) is 1.95. The van der Waals surface area contributed by atoms with Crippen LogP contribution in [-0.2, 0) is 4.74 Å². The van der Waals surface area contributed by atoms with Gasteiger partial charge in [0, 0.05) is 37.0 Å². The molecule has 1 N–H and O–H groups in total. The van der Waals surface area contributed by atoms with Crippen LogP contribution in [0.3, 0.4) is 0 Å².